The molecule has 4 heterocycles. The largest absolute Gasteiger partial charge is 0.417 e. The Morgan fingerprint density at radius 1 is 1.07 bits per heavy atom. The van der Waals surface area contributed by atoms with Crippen LogP contribution in [0, 0.1) is 11.3 Å². The van der Waals surface area contributed by atoms with Crippen molar-refractivity contribution in [3.63, 3.8) is 0 Å². The van der Waals surface area contributed by atoms with E-state index >= 15 is 0 Å². The Morgan fingerprint density at radius 2 is 1.82 bits per heavy atom. The summed E-state index contributed by atoms with van der Waals surface area (Å²) in [6.07, 6.45) is -2.21. The van der Waals surface area contributed by atoms with Gasteiger partial charge in [0.05, 0.1) is 28.1 Å². The fourth-order valence-electron chi connectivity index (χ4n) is 5.38. The number of hydrogen-bond donors (Lipinski definition) is 1. The summed E-state index contributed by atoms with van der Waals surface area (Å²) in [6.45, 7) is 0.790. The van der Waals surface area contributed by atoms with Crippen LogP contribution in [-0.2, 0) is 21.1 Å². The van der Waals surface area contributed by atoms with Gasteiger partial charge in [0.25, 0.3) is 0 Å². The highest BCUT2D eigenvalue weighted by Gasteiger charge is 2.36. The van der Waals surface area contributed by atoms with Gasteiger partial charge in [0, 0.05) is 53.5 Å². The minimum Gasteiger partial charge on any atom is -0.381 e. The molecule has 1 N–H and O–H groups in total. The molecule has 1 aliphatic heterocycles. The van der Waals surface area contributed by atoms with Crippen LogP contribution in [0.5, 0.6) is 0 Å². The quantitative estimate of drug-likeness (QED) is 0.223. The third-order valence-corrected chi connectivity index (χ3v) is 7.97. The first-order valence-corrected chi connectivity index (χ1v) is 13.5. The van der Waals surface area contributed by atoms with Gasteiger partial charge in [-0.2, -0.15) is 26.9 Å². The lowest BCUT2D eigenvalue weighted by Crippen LogP contribution is -2.23. The van der Waals surface area contributed by atoms with Gasteiger partial charge < -0.3 is 14.3 Å². The predicted octanol–water partition coefficient (Wildman–Crippen LogP) is 5.60. The van der Waals surface area contributed by atoms with E-state index in [1.54, 1.807) is 16.7 Å². The molecule has 1 aliphatic rings. The molecule has 0 radical (unpaired) electrons. The number of benzene rings is 2. The number of H-pyrrole nitrogens is 1. The van der Waals surface area contributed by atoms with Crippen LogP contribution in [0.25, 0.3) is 44.0 Å². The monoisotopic (exact) mass is 570 g/mol. The van der Waals surface area contributed by atoms with Crippen molar-refractivity contribution in [3.8, 4) is 17.2 Å². The van der Waals surface area contributed by atoms with E-state index in [1.165, 1.54) is 12.1 Å². The fourth-order valence-corrected chi connectivity index (χ4v) is 5.84. The van der Waals surface area contributed by atoms with E-state index < -0.39 is 37.9 Å². The summed E-state index contributed by atoms with van der Waals surface area (Å²) in [6, 6.07) is 9.15. The molecule has 0 amide bonds. The van der Waals surface area contributed by atoms with Gasteiger partial charge in [-0.1, -0.05) is 6.07 Å². The number of nitriles is 1. The number of aromatic nitrogens is 3. The van der Waals surface area contributed by atoms with E-state index in [-0.39, 0.29) is 27.9 Å². The molecule has 0 unspecified atom stereocenters. The number of ether oxygens (including phenoxy) is 1. The highest BCUT2D eigenvalue weighted by Crippen LogP contribution is 2.41. The average Bonchev–Trinajstić information content (AvgIpc) is 3.30. The third kappa shape index (κ3) is 4.20. The molecule has 0 atom stereocenters. The van der Waals surface area contributed by atoms with E-state index in [9.17, 15) is 35.5 Å². The molecule has 2 aromatic carbocycles. The number of rotatable bonds is 3. The molecule has 0 aliphatic carbocycles. The number of fused-ring (bicyclic) bond motifs is 4. The summed E-state index contributed by atoms with van der Waals surface area (Å²) in [4.78, 5) is 19.8. The van der Waals surface area contributed by atoms with Gasteiger partial charge in [-0.05, 0) is 48.7 Å². The van der Waals surface area contributed by atoms with Gasteiger partial charge in [-0.15, -0.1) is 3.89 Å². The SMILES string of the molecule is N#Cc1ccc2c(c1)[nH]c1c2c(=O)c2cc(C(F)(F)F)c(-c3cncc(S(=O)(=O)F)c3)cc2n1C1CCOCC1. The second kappa shape index (κ2) is 9.14. The van der Waals surface area contributed by atoms with E-state index in [0.29, 0.717) is 54.4 Å². The molecule has 40 heavy (non-hydrogen) atoms. The van der Waals surface area contributed by atoms with E-state index in [4.69, 9.17) is 4.74 Å². The zero-order chi connectivity index (χ0) is 28.4. The molecule has 0 bridgehead atoms. The maximum absolute atomic E-state index is 14.4. The van der Waals surface area contributed by atoms with Crippen molar-refractivity contribution in [1.29, 1.82) is 5.26 Å². The molecule has 6 rings (SSSR count). The standard InChI is InChI=1S/C27H18F4N4O4S/c28-27(29,30)21-9-20-23(10-19(21)15-8-17(13-33-12-15)40(31,37)38)35(16-3-5-39-6-4-16)26-24(25(20)36)18-2-1-14(11-32)7-22(18)34-26/h1-2,7-10,12-13,16,34H,3-6H2. The molecule has 13 heteroatoms. The van der Waals surface area contributed by atoms with Crippen molar-refractivity contribution in [1.82, 2.24) is 14.5 Å². The summed E-state index contributed by atoms with van der Waals surface area (Å²) < 4.78 is 87.1. The second-order valence-corrected chi connectivity index (χ2v) is 10.9. The zero-order valence-electron chi connectivity index (χ0n) is 20.4. The molecule has 204 valence electrons. The molecule has 0 spiro atoms. The van der Waals surface area contributed by atoms with E-state index in [1.807, 2.05) is 6.07 Å². The number of nitrogens with zero attached hydrogens (tertiary/aromatic N) is 3. The maximum atomic E-state index is 14.4. The normalized spacial score (nSPS) is 15.2. The Hall–Kier alpha value is -4.28. The maximum Gasteiger partial charge on any atom is 0.417 e. The number of alkyl halides is 3. The molecule has 5 aromatic rings. The summed E-state index contributed by atoms with van der Waals surface area (Å²) in [5.41, 5.74) is -1.22. The number of nitrogens with one attached hydrogen (secondary N) is 1. The second-order valence-electron chi connectivity index (χ2n) is 9.52. The van der Waals surface area contributed by atoms with Crippen LogP contribution in [0.2, 0.25) is 0 Å². The molecule has 1 saturated heterocycles. The molecular formula is C27H18F4N4O4S. The van der Waals surface area contributed by atoms with E-state index in [2.05, 4.69) is 9.97 Å². The average molecular weight is 571 g/mol. The van der Waals surface area contributed by atoms with Gasteiger partial charge in [-0.25, -0.2) is 0 Å². The summed E-state index contributed by atoms with van der Waals surface area (Å²) >= 11 is 0. The highest BCUT2D eigenvalue weighted by atomic mass is 32.3. The lowest BCUT2D eigenvalue weighted by molar-refractivity contribution is -0.137. The Bertz CT molecular complexity index is 2050. The molecule has 3 aromatic heterocycles. The Kier molecular flexibility index (Phi) is 5.93. The number of pyridine rings is 2. The van der Waals surface area contributed by atoms with Crippen molar-refractivity contribution in [2.75, 3.05) is 13.2 Å². The number of halogens is 4. The van der Waals surface area contributed by atoms with Gasteiger partial charge in [0.2, 0.25) is 0 Å². The van der Waals surface area contributed by atoms with Crippen LogP contribution in [0.4, 0.5) is 17.1 Å². The minimum absolute atomic E-state index is 0.174. The van der Waals surface area contributed by atoms with Crippen molar-refractivity contribution < 1.29 is 30.2 Å². The minimum atomic E-state index is -5.25. The van der Waals surface area contributed by atoms with Crippen LogP contribution >= 0.6 is 0 Å². The first-order valence-electron chi connectivity index (χ1n) is 12.1. The lowest BCUT2D eigenvalue weighted by Gasteiger charge is -2.28. The summed E-state index contributed by atoms with van der Waals surface area (Å²) in [5.74, 6) is 0. The van der Waals surface area contributed by atoms with Crippen LogP contribution in [0.3, 0.4) is 0 Å². The van der Waals surface area contributed by atoms with Crippen molar-refractivity contribution in [3.05, 3.63) is 70.1 Å². The molecular weight excluding hydrogens is 552 g/mol. The summed E-state index contributed by atoms with van der Waals surface area (Å²) in [7, 11) is -5.25. The zero-order valence-corrected chi connectivity index (χ0v) is 21.2. The van der Waals surface area contributed by atoms with Crippen LogP contribution in [0.15, 0.2) is 58.5 Å². The highest BCUT2D eigenvalue weighted by molar-refractivity contribution is 7.86. The van der Waals surface area contributed by atoms with Crippen LogP contribution < -0.4 is 5.43 Å². The van der Waals surface area contributed by atoms with Gasteiger partial charge in [0.1, 0.15) is 10.5 Å². The lowest BCUT2D eigenvalue weighted by atomic mass is 9.96. The fraction of sp³-hybridized carbons (Fsp3) is 0.222. The smallest absolute Gasteiger partial charge is 0.381 e. The molecule has 1 fully saturated rings. The van der Waals surface area contributed by atoms with Crippen molar-refractivity contribution >= 4 is 43.1 Å². The van der Waals surface area contributed by atoms with Crippen LogP contribution in [0.1, 0.15) is 30.0 Å². The number of aromatic amines is 1. The third-order valence-electron chi connectivity index (χ3n) is 7.18. The first-order chi connectivity index (χ1) is 19.0. The Morgan fingerprint density at radius 3 is 2.50 bits per heavy atom. The van der Waals surface area contributed by atoms with Gasteiger partial charge >= 0.3 is 16.4 Å². The summed E-state index contributed by atoms with van der Waals surface area (Å²) in [5, 5.41) is 9.79. The van der Waals surface area contributed by atoms with E-state index in [0.717, 1.165) is 18.3 Å². The van der Waals surface area contributed by atoms with Gasteiger partial charge in [-0.3, -0.25) is 9.78 Å². The molecule has 8 nitrogen and oxygen atoms in total. The van der Waals surface area contributed by atoms with Crippen molar-refractivity contribution in [2.45, 2.75) is 30.0 Å². The predicted molar refractivity (Wildman–Crippen MR) is 138 cm³/mol. The Balaban J connectivity index is 1.78. The van der Waals surface area contributed by atoms with Crippen LogP contribution in [-0.4, -0.2) is 36.2 Å². The first kappa shape index (κ1) is 26.0. The van der Waals surface area contributed by atoms with Gasteiger partial charge in [0.15, 0.2) is 5.43 Å². The molecule has 0 saturated carbocycles. The number of hydrogen-bond acceptors (Lipinski definition) is 6. The van der Waals surface area contributed by atoms with Crippen molar-refractivity contribution in [2.24, 2.45) is 0 Å². The Labute approximate surface area is 223 Å². The topological polar surface area (TPSA) is 118 Å².